The lowest BCUT2D eigenvalue weighted by atomic mass is 9.99. The topological polar surface area (TPSA) is 32.3 Å². The van der Waals surface area contributed by atoms with E-state index < -0.39 is 0 Å². The minimum atomic E-state index is 0.144. The van der Waals surface area contributed by atoms with Crippen molar-refractivity contribution in [1.29, 1.82) is 0 Å². The van der Waals surface area contributed by atoms with Gasteiger partial charge in [-0.15, -0.1) is 11.3 Å². The van der Waals surface area contributed by atoms with Gasteiger partial charge in [-0.05, 0) is 30.9 Å². The van der Waals surface area contributed by atoms with Gasteiger partial charge < -0.3 is 10.4 Å². The highest BCUT2D eigenvalue weighted by Gasteiger charge is 2.19. The van der Waals surface area contributed by atoms with E-state index in [-0.39, 0.29) is 18.7 Å². The molecular weight excluding hydrogens is 277 g/mol. The molecule has 0 aliphatic carbocycles. The summed E-state index contributed by atoms with van der Waals surface area (Å²) in [6.07, 6.45) is 0.748. The predicted octanol–water partition coefficient (Wildman–Crippen LogP) is 4.11. The van der Waals surface area contributed by atoms with Gasteiger partial charge in [0.25, 0.3) is 0 Å². The molecule has 5 heteroatoms. The fourth-order valence-corrected chi connectivity index (χ4v) is 3.45. The van der Waals surface area contributed by atoms with Crippen LogP contribution in [-0.4, -0.2) is 17.8 Å². The van der Waals surface area contributed by atoms with E-state index in [0.717, 1.165) is 16.3 Å². The van der Waals surface area contributed by atoms with Gasteiger partial charge in [0.2, 0.25) is 0 Å². The van der Waals surface area contributed by atoms with Crippen LogP contribution in [0.15, 0.2) is 6.07 Å². The van der Waals surface area contributed by atoms with Crippen molar-refractivity contribution < 1.29 is 5.11 Å². The molecule has 17 heavy (non-hydrogen) atoms. The molecule has 1 heterocycles. The predicted molar refractivity (Wildman–Crippen MR) is 76.2 cm³/mol. The zero-order valence-electron chi connectivity index (χ0n) is 10.3. The molecule has 0 fully saturated rings. The second kappa shape index (κ2) is 6.95. The molecule has 0 aliphatic rings. The summed E-state index contributed by atoms with van der Waals surface area (Å²) < 4.78 is 1.45. The Hall–Kier alpha value is 0.200. The van der Waals surface area contributed by atoms with E-state index in [1.54, 1.807) is 0 Å². The van der Waals surface area contributed by atoms with Crippen LogP contribution >= 0.6 is 34.5 Å². The summed E-state index contributed by atoms with van der Waals surface area (Å²) in [6.45, 7) is 6.54. The molecule has 2 nitrogen and oxygen atoms in total. The molecule has 0 saturated heterocycles. The first-order valence-electron chi connectivity index (χ1n) is 5.77. The molecule has 0 aliphatic heterocycles. The Morgan fingerprint density at radius 3 is 2.41 bits per heavy atom. The second-order valence-corrected chi connectivity index (χ2v) is 6.82. The van der Waals surface area contributed by atoms with Crippen molar-refractivity contribution in [3.05, 3.63) is 20.3 Å². The van der Waals surface area contributed by atoms with Gasteiger partial charge in [-0.1, -0.05) is 37.0 Å². The molecular formula is C12H19Cl2NOS. The second-order valence-electron chi connectivity index (χ2n) is 4.53. The van der Waals surface area contributed by atoms with Crippen LogP contribution in [0, 0.1) is 5.92 Å². The van der Waals surface area contributed by atoms with Gasteiger partial charge in [-0.25, -0.2) is 0 Å². The maximum Gasteiger partial charge on any atom is 0.0991 e. The fraction of sp³-hybridized carbons (Fsp3) is 0.667. The number of aliphatic hydroxyl groups excluding tert-OH is 1. The first-order valence-corrected chi connectivity index (χ1v) is 7.34. The van der Waals surface area contributed by atoms with Crippen molar-refractivity contribution in [2.24, 2.45) is 5.92 Å². The van der Waals surface area contributed by atoms with Crippen LogP contribution in [0.5, 0.6) is 0 Å². The lowest BCUT2D eigenvalue weighted by Crippen LogP contribution is -2.36. The molecule has 1 aromatic heterocycles. The quantitative estimate of drug-likeness (QED) is 0.828. The van der Waals surface area contributed by atoms with E-state index in [1.807, 2.05) is 6.07 Å². The minimum absolute atomic E-state index is 0.144. The van der Waals surface area contributed by atoms with E-state index in [2.05, 4.69) is 26.1 Å². The number of hydrogen-bond acceptors (Lipinski definition) is 3. The minimum Gasteiger partial charge on any atom is -0.396 e. The van der Waals surface area contributed by atoms with Gasteiger partial charge >= 0.3 is 0 Å². The lowest BCUT2D eigenvalue weighted by Gasteiger charge is -2.25. The van der Waals surface area contributed by atoms with E-state index in [0.29, 0.717) is 10.3 Å². The van der Waals surface area contributed by atoms with E-state index in [9.17, 15) is 0 Å². The summed E-state index contributed by atoms with van der Waals surface area (Å²) in [5.41, 5.74) is 1.03. The first kappa shape index (κ1) is 15.3. The molecule has 0 amide bonds. The van der Waals surface area contributed by atoms with E-state index >= 15 is 0 Å². The molecule has 0 spiro atoms. The average Bonchev–Trinajstić information content (AvgIpc) is 2.57. The van der Waals surface area contributed by atoms with Crippen molar-refractivity contribution in [3.8, 4) is 0 Å². The smallest absolute Gasteiger partial charge is 0.0991 e. The van der Waals surface area contributed by atoms with E-state index in [1.165, 1.54) is 11.3 Å². The van der Waals surface area contributed by atoms with Crippen LogP contribution in [-0.2, 0) is 0 Å². The summed E-state index contributed by atoms with van der Waals surface area (Å²) in [7, 11) is 0. The Balaban J connectivity index is 2.69. The van der Waals surface area contributed by atoms with Crippen LogP contribution in [0.25, 0.3) is 0 Å². The number of thiophene rings is 1. The molecule has 2 atom stereocenters. The number of halogens is 2. The van der Waals surface area contributed by atoms with E-state index in [4.69, 9.17) is 28.3 Å². The maximum absolute atomic E-state index is 9.04. The van der Waals surface area contributed by atoms with Crippen LogP contribution in [0.1, 0.15) is 38.8 Å². The monoisotopic (exact) mass is 295 g/mol. The number of hydrogen-bond donors (Lipinski definition) is 2. The summed E-state index contributed by atoms with van der Waals surface area (Å²) in [6, 6.07) is 2.33. The molecule has 1 aromatic rings. The van der Waals surface area contributed by atoms with Crippen LogP contribution in [0.3, 0.4) is 0 Å². The number of aliphatic hydroxyl groups is 1. The zero-order valence-corrected chi connectivity index (χ0v) is 12.7. The standard InChI is InChI=1S/C12H19Cl2NOS/c1-7(2)10(4-5-16)15-8(3)9-6-11(13)17-12(9)14/h6-8,10,15-16H,4-5H2,1-3H3. The van der Waals surface area contributed by atoms with Crippen LogP contribution < -0.4 is 5.32 Å². The van der Waals surface area contributed by atoms with Gasteiger partial charge in [0, 0.05) is 18.7 Å². The molecule has 0 radical (unpaired) electrons. The van der Waals surface area contributed by atoms with Crippen LogP contribution in [0.2, 0.25) is 8.67 Å². The normalized spacial score (nSPS) is 15.2. The molecule has 0 aromatic carbocycles. The Morgan fingerprint density at radius 1 is 1.35 bits per heavy atom. The summed E-state index contributed by atoms with van der Waals surface area (Å²) in [4.78, 5) is 0. The van der Waals surface area contributed by atoms with Gasteiger partial charge in [-0.2, -0.15) is 0 Å². The highest BCUT2D eigenvalue weighted by molar-refractivity contribution is 7.20. The van der Waals surface area contributed by atoms with Crippen molar-refractivity contribution in [2.75, 3.05) is 6.61 Å². The van der Waals surface area contributed by atoms with Crippen molar-refractivity contribution in [2.45, 2.75) is 39.3 Å². The Kier molecular flexibility index (Phi) is 6.24. The Labute approximate surface area is 117 Å². The third-order valence-electron chi connectivity index (χ3n) is 2.86. The Bertz CT molecular complexity index is 354. The van der Waals surface area contributed by atoms with Crippen LogP contribution in [0.4, 0.5) is 0 Å². The zero-order chi connectivity index (χ0) is 13.0. The molecule has 98 valence electrons. The van der Waals surface area contributed by atoms with Crippen molar-refractivity contribution in [3.63, 3.8) is 0 Å². The summed E-state index contributed by atoms with van der Waals surface area (Å²) in [5, 5.41) is 12.5. The fourth-order valence-electron chi connectivity index (χ4n) is 1.81. The van der Waals surface area contributed by atoms with Gasteiger partial charge in [0.15, 0.2) is 0 Å². The maximum atomic E-state index is 9.04. The molecule has 2 N–H and O–H groups in total. The van der Waals surface area contributed by atoms with Gasteiger partial charge in [0.1, 0.15) is 0 Å². The largest absolute Gasteiger partial charge is 0.396 e. The highest BCUT2D eigenvalue weighted by Crippen LogP contribution is 2.35. The summed E-state index contributed by atoms with van der Waals surface area (Å²) >= 11 is 13.4. The number of rotatable bonds is 6. The highest BCUT2D eigenvalue weighted by atomic mass is 35.5. The SMILES string of the molecule is CC(NC(CCO)C(C)C)c1cc(Cl)sc1Cl. The lowest BCUT2D eigenvalue weighted by molar-refractivity contribution is 0.237. The van der Waals surface area contributed by atoms with Gasteiger partial charge in [0.05, 0.1) is 8.67 Å². The number of nitrogens with one attached hydrogen (secondary N) is 1. The first-order chi connectivity index (χ1) is 7.95. The van der Waals surface area contributed by atoms with Crippen molar-refractivity contribution >= 4 is 34.5 Å². The summed E-state index contributed by atoms with van der Waals surface area (Å²) in [5.74, 6) is 0.470. The van der Waals surface area contributed by atoms with Crippen molar-refractivity contribution in [1.82, 2.24) is 5.32 Å². The molecule has 0 bridgehead atoms. The molecule has 1 rings (SSSR count). The third-order valence-corrected chi connectivity index (χ3v) is 4.38. The molecule has 2 unspecified atom stereocenters. The average molecular weight is 296 g/mol. The third kappa shape index (κ3) is 4.42. The van der Waals surface area contributed by atoms with Gasteiger partial charge in [-0.3, -0.25) is 0 Å². The molecule has 0 saturated carbocycles. The Morgan fingerprint density at radius 2 is 2.00 bits per heavy atom.